The number of ether oxygens (including phenoxy) is 1. The fourth-order valence-electron chi connectivity index (χ4n) is 7.23. The van der Waals surface area contributed by atoms with Gasteiger partial charge in [0, 0.05) is 0 Å². The summed E-state index contributed by atoms with van der Waals surface area (Å²) in [5.74, 6) is 2.35. The predicted octanol–water partition coefficient (Wildman–Crippen LogP) is 3.98. The van der Waals surface area contributed by atoms with Gasteiger partial charge < -0.3 is 9.84 Å². The second-order valence-electron chi connectivity index (χ2n) is 10.5. The van der Waals surface area contributed by atoms with E-state index in [1.807, 2.05) is 6.92 Å². The topological polar surface area (TPSA) is 63.6 Å². The van der Waals surface area contributed by atoms with E-state index in [9.17, 15) is 14.7 Å². The van der Waals surface area contributed by atoms with Gasteiger partial charge in [-0.15, -0.1) is 0 Å². The van der Waals surface area contributed by atoms with Crippen LogP contribution in [-0.4, -0.2) is 23.1 Å². The number of aliphatic carboxylic acids is 1. The van der Waals surface area contributed by atoms with E-state index >= 15 is 0 Å². The molecule has 4 aliphatic rings. The standard InChI is InChI=1S/C21H32O4/c1-10(9-21(2,3)4)20(24)25-16-8-12-7-15(16)18-13-5-11(17(12)18)6-14(13)19(22)23/h10-18H,5-9H2,1-4H3,(H,22,23). The summed E-state index contributed by atoms with van der Waals surface area (Å²) in [7, 11) is 0. The highest BCUT2D eigenvalue weighted by molar-refractivity contribution is 5.72. The normalized spacial score (nSPS) is 45.4. The van der Waals surface area contributed by atoms with Crippen LogP contribution in [0.25, 0.3) is 0 Å². The number of hydrogen-bond donors (Lipinski definition) is 1. The molecular formula is C21H32O4. The third-order valence-electron chi connectivity index (χ3n) is 7.66. The Morgan fingerprint density at radius 3 is 2.32 bits per heavy atom. The lowest BCUT2D eigenvalue weighted by atomic mass is 9.67. The van der Waals surface area contributed by atoms with Gasteiger partial charge in [0.05, 0.1) is 11.8 Å². The Kier molecular flexibility index (Phi) is 3.97. The Labute approximate surface area is 150 Å². The Hall–Kier alpha value is -1.06. The van der Waals surface area contributed by atoms with Gasteiger partial charge in [-0.25, -0.2) is 0 Å². The molecule has 0 aromatic carbocycles. The van der Waals surface area contributed by atoms with Crippen molar-refractivity contribution in [2.45, 2.75) is 65.9 Å². The highest BCUT2D eigenvalue weighted by atomic mass is 16.5. The highest BCUT2D eigenvalue weighted by Gasteiger charge is 2.66. The average Bonchev–Trinajstić information content (AvgIpc) is 3.22. The van der Waals surface area contributed by atoms with Crippen molar-refractivity contribution in [3.8, 4) is 0 Å². The first-order valence-electron chi connectivity index (χ1n) is 10.1. The van der Waals surface area contributed by atoms with E-state index in [-0.39, 0.29) is 29.3 Å². The smallest absolute Gasteiger partial charge is 0.308 e. The van der Waals surface area contributed by atoms with Gasteiger partial charge >= 0.3 is 11.9 Å². The van der Waals surface area contributed by atoms with E-state index in [1.165, 1.54) is 0 Å². The molecule has 0 amide bonds. The van der Waals surface area contributed by atoms with Crippen molar-refractivity contribution in [2.75, 3.05) is 0 Å². The molecule has 4 bridgehead atoms. The van der Waals surface area contributed by atoms with Crippen molar-refractivity contribution >= 4 is 11.9 Å². The van der Waals surface area contributed by atoms with Crippen LogP contribution in [0.2, 0.25) is 0 Å². The molecule has 0 aromatic rings. The van der Waals surface area contributed by atoms with E-state index in [0.717, 1.165) is 32.1 Å². The number of hydrogen-bond acceptors (Lipinski definition) is 3. The first-order valence-corrected chi connectivity index (χ1v) is 10.1. The molecule has 25 heavy (non-hydrogen) atoms. The van der Waals surface area contributed by atoms with Crippen LogP contribution in [0.5, 0.6) is 0 Å². The number of rotatable bonds is 4. The lowest BCUT2D eigenvalue weighted by Crippen LogP contribution is -2.41. The number of carbonyl (C=O) groups is 2. The minimum Gasteiger partial charge on any atom is -0.481 e. The van der Waals surface area contributed by atoms with Gasteiger partial charge in [0.25, 0.3) is 0 Å². The SMILES string of the molecule is CC(CC(C)(C)C)C(=O)OC1CC2CC1C1C3CC(CC3C(=O)O)C21. The molecule has 4 rings (SSSR count). The minimum atomic E-state index is -0.610. The Morgan fingerprint density at radius 1 is 1.04 bits per heavy atom. The number of carbonyl (C=O) groups excluding carboxylic acids is 1. The summed E-state index contributed by atoms with van der Waals surface area (Å²) in [4.78, 5) is 24.1. The maximum atomic E-state index is 12.6. The number of carboxylic acids is 1. The quantitative estimate of drug-likeness (QED) is 0.616. The number of fused-ring (bicyclic) bond motifs is 9. The van der Waals surface area contributed by atoms with Crippen molar-refractivity contribution < 1.29 is 19.4 Å². The second kappa shape index (κ2) is 5.72. The van der Waals surface area contributed by atoms with Crippen LogP contribution in [-0.2, 0) is 14.3 Å². The van der Waals surface area contributed by atoms with Crippen LogP contribution in [0.4, 0.5) is 0 Å². The van der Waals surface area contributed by atoms with Gasteiger partial charge in [-0.3, -0.25) is 9.59 Å². The summed E-state index contributed by atoms with van der Waals surface area (Å²) in [6.07, 6.45) is 5.03. The molecule has 4 aliphatic carbocycles. The van der Waals surface area contributed by atoms with E-state index in [1.54, 1.807) is 0 Å². The zero-order chi connectivity index (χ0) is 18.1. The molecule has 4 fully saturated rings. The highest BCUT2D eigenvalue weighted by Crippen LogP contribution is 2.69. The van der Waals surface area contributed by atoms with E-state index in [4.69, 9.17) is 4.74 Å². The van der Waals surface area contributed by atoms with Crippen molar-refractivity contribution in [1.82, 2.24) is 0 Å². The fourth-order valence-corrected chi connectivity index (χ4v) is 7.23. The first-order chi connectivity index (χ1) is 11.7. The van der Waals surface area contributed by atoms with Crippen LogP contribution in [0, 0.1) is 52.8 Å². The maximum absolute atomic E-state index is 12.6. The summed E-state index contributed by atoms with van der Waals surface area (Å²) in [5, 5.41) is 9.53. The molecule has 9 atom stereocenters. The first kappa shape index (κ1) is 17.4. The van der Waals surface area contributed by atoms with Gasteiger partial charge in [0.15, 0.2) is 0 Å². The van der Waals surface area contributed by atoms with Crippen molar-refractivity contribution in [1.29, 1.82) is 0 Å². The molecule has 4 nitrogen and oxygen atoms in total. The monoisotopic (exact) mass is 348 g/mol. The fraction of sp³-hybridized carbons (Fsp3) is 0.905. The second-order valence-corrected chi connectivity index (χ2v) is 10.5. The zero-order valence-corrected chi connectivity index (χ0v) is 15.9. The van der Waals surface area contributed by atoms with Crippen LogP contribution >= 0.6 is 0 Å². The molecule has 4 saturated carbocycles. The number of esters is 1. The van der Waals surface area contributed by atoms with Crippen molar-refractivity contribution in [2.24, 2.45) is 52.8 Å². The molecule has 0 aromatic heterocycles. The zero-order valence-electron chi connectivity index (χ0n) is 15.9. The van der Waals surface area contributed by atoms with Crippen molar-refractivity contribution in [3.63, 3.8) is 0 Å². The summed E-state index contributed by atoms with van der Waals surface area (Å²) >= 11 is 0. The maximum Gasteiger partial charge on any atom is 0.308 e. The van der Waals surface area contributed by atoms with Crippen LogP contribution in [0.15, 0.2) is 0 Å². The lowest BCUT2D eigenvalue weighted by Gasteiger charge is -2.40. The molecule has 0 aliphatic heterocycles. The summed E-state index contributed by atoms with van der Waals surface area (Å²) in [6, 6.07) is 0. The third-order valence-corrected chi connectivity index (χ3v) is 7.66. The molecule has 4 heteroatoms. The summed E-state index contributed by atoms with van der Waals surface area (Å²) < 4.78 is 5.98. The molecule has 9 unspecified atom stereocenters. The largest absolute Gasteiger partial charge is 0.481 e. The lowest BCUT2D eigenvalue weighted by molar-refractivity contribution is -0.161. The van der Waals surface area contributed by atoms with Crippen LogP contribution < -0.4 is 0 Å². The Morgan fingerprint density at radius 2 is 1.68 bits per heavy atom. The van der Waals surface area contributed by atoms with Gasteiger partial charge in [-0.1, -0.05) is 27.7 Å². The average molecular weight is 348 g/mol. The molecular weight excluding hydrogens is 316 g/mol. The van der Waals surface area contributed by atoms with Crippen LogP contribution in [0.3, 0.4) is 0 Å². The summed E-state index contributed by atoms with van der Waals surface area (Å²) in [6.45, 7) is 8.43. The summed E-state index contributed by atoms with van der Waals surface area (Å²) in [5.41, 5.74) is 0.123. The van der Waals surface area contributed by atoms with Crippen molar-refractivity contribution in [3.05, 3.63) is 0 Å². The molecule has 1 N–H and O–H groups in total. The minimum absolute atomic E-state index is 0.0370. The predicted molar refractivity (Wildman–Crippen MR) is 93.6 cm³/mol. The molecule has 140 valence electrons. The van der Waals surface area contributed by atoms with E-state index in [2.05, 4.69) is 20.8 Å². The van der Waals surface area contributed by atoms with Gasteiger partial charge in [-0.2, -0.15) is 0 Å². The number of carboxylic acid groups (broad SMARTS) is 1. The van der Waals surface area contributed by atoms with Gasteiger partial charge in [-0.05, 0) is 73.0 Å². The van der Waals surface area contributed by atoms with E-state index in [0.29, 0.717) is 35.5 Å². The van der Waals surface area contributed by atoms with Crippen LogP contribution in [0.1, 0.15) is 59.8 Å². The molecule has 0 saturated heterocycles. The Bertz CT molecular complexity index is 577. The van der Waals surface area contributed by atoms with Gasteiger partial charge in [0.1, 0.15) is 6.10 Å². The molecule has 0 radical (unpaired) electrons. The van der Waals surface area contributed by atoms with E-state index < -0.39 is 5.97 Å². The third kappa shape index (κ3) is 2.80. The Balaban J connectivity index is 1.42. The van der Waals surface area contributed by atoms with Gasteiger partial charge in [0.2, 0.25) is 0 Å². The molecule has 0 spiro atoms. The molecule has 0 heterocycles.